The summed E-state index contributed by atoms with van der Waals surface area (Å²) in [6.07, 6.45) is 0. The largest absolute Gasteiger partial charge is 0.0582 e. The Morgan fingerprint density at radius 3 is 2.12 bits per heavy atom. The molecule has 0 amide bonds. The first-order chi connectivity index (χ1) is 14.6. The molecule has 1 aliphatic carbocycles. The van der Waals surface area contributed by atoms with Crippen molar-refractivity contribution in [3.63, 3.8) is 0 Å². The van der Waals surface area contributed by atoms with Gasteiger partial charge in [-0.2, -0.15) is 0 Å². The first-order valence-electron chi connectivity index (χ1n) is 13.4. The molecule has 0 N–H and O–H groups in total. The minimum atomic E-state index is -4.34. The molecular weight excluding hydrogens is 260 g/mol. The lowest BCUT2D eigenvalue weighted by atomic mass is 9.59. The third-order valence-corrected chi connectivity index (χ3v) is 3.41. The molecule has 1 aromatic carbocycles. The van der Waals surface area contributed by atoms with E-state index < -0.39 is 68.5 Å². The van der Waals surface area contributed by atoms with Crippen molar-refractivity contribution in [1.29, 1.82) is 0 Å². The van der Waals surface area contributed by atoms with Crippen LogP contribution in [0.3, 0.4) is 0 Å². The molecular formula is C15H21Br. The van der Waals surface area contributed by atoms with Gasteiger partial charge in [-0.25, -0.2) is 0 Å². The summed E-state index contributed by atoms with van der Waals surface area (Å²) in [5, 5.41) is 0. The fourth-order valence-corrected chi connectivity index (χ4v) is 2.20. The third kappa shape index (κ3) is 1.21. The maximum atomic E-state index is 8.26. The normalized spacial score (nSPS) is 45.6. The molecule has 1 aliphatic rings. The van der Waals surface area contributed by atoms with E-state index in [1.54, 1.807) is 0 Å². The molecule has 1 heteroatoms. The van der Waals surface area contributed by atoms with Crippen LogP contribution in [-0.4, -0.2) is 0 Å². The molecule has 2 rings (SSSR count). The quantitative estimate of drug-likeness (QED) is 0.629. The van der Waals surface area contributed by atoms with E-state index in [1.165, 1.54) is 0 Å². The summed E-state index contributed by atoms with van der Waals surface area (Å²) in [6, 6.07) is 2.65. The zero-order valence-electron chi connectivity index (χ0n) is 26.1. The van der Waals surface area contributed by atoms with Crippen molar-refractivity contribution >= 4 is 15.9 Å². The van der Waals surface area contributed by atoms with Crippen molar-refractivity contribution in [2.75, 3.05) is 0 Å². The van der Waals surface area contributed by atoms with Gasteiger partial charge in [-0.05, 0) is 39.5 Å². The van der Waals surface area contributed by atoms with Crippen molar-refractivity contribution in [3.05, 3.63) is 33.8 Å². The molecule has 0 aliphatic heterocycles. The highest BCUT2D eigenvalue weighted by Gasteiger charge is 2.56. The Hall–Kier alpha value is -0.300. The summed E-state index contributed by atoms with van der Waals surface area (Å²) < 4.78 is 148. The summed E-state index contributed by atoms with van der Waals surface area (Å²) >= 11 is 3.00. The highest BCUT2D eigenvalue weighted by molar-refractivity contribution is 9.10. The Morgan fingerprint density at radius 1 is 0.938 bits per heavy atom. The van der Waals surface area contributed by atoms with Gasteiger partial charge in [0.25, 0.3) is 0 Å². The smallest absolute Gasteiger partial charge is 0.0240 e. The molecule has 1 aromatic rings. The second-order valence-electron chi connectivity index (χ2n) is 3.94. The molecule has 0 radical (unpaired) electrons. The van der Waals surface area contributed by atoms with Gasteiger partial charge in [0.15, 0.2) is 0 Å². The van der Waals surface area contributed by atoms with Crippen molar-refractivity contribution in [1.82, 2.24) is 0 Å². The number of rotatable bonds is 0. The van der Waals surface area contributed by atoms with Crippen molar-refractivity contribution in [2.45, 2.75) is 51.9 Å². The maximum absolute atomic E-state index is 8.26. The molecule has 0 bridgehead atoms. The van der Waals surface area contributed by atoms with Gasteiger partial charge in [0.2, 0.25) is 0 Å². The summed E-state index contributed by atoms with van der Waals surface area (Å²) in [5.74, 6) is 0. The Bertz CT molecular complexity index is 909. The van der Waals surface area contributed by atoms with E-state index in [9.17, 15) is 0 Å². The molecule has 0 saturated carbocycles. The Balaban J connectivity index is 3.70. The lowest BCUT2D eigenvalue weighted by molar-refractivity contribution is 0.125. The number of hydrogen-bond donors (Lipinski definition) is 0. The standard InChI is InChI=1S/C15H21Br/c1-13(2)11-8-7-10(16)9-12(11)14(3,4)15(13,5)6/h7-9H,1-6H3/i1D3,2D3,3D3,4D3,5D3,6D3. The third-order valence-electron chi connectivity index (χ3n) is 2.91. The molecule has 0 unspecified atom stereocenters. The van der Waals surface area contributed by atoms with Crippen LogP contribution in [0.2, 0.25) is 0 Å². The summed E-state index contributed by atoms with van der Waals surface area (Å²) in [4.78, 5) is 0. The predicted molar refractivity (Wildman–Crippen MR) is 74.0 cm³/mol. The lowest BCUT2D eigenvalue weighted by Crippen LogP contribution is -2.42. The highest BCUT2D eigenvalue weighted by atomic mass is 79.9. The van der Waals surface area contributed by atoms with Gasteiger partial charge >= 0.3 is 0 Å². The van der Waals surface area contributed by atoms with Gasteiger partial charge in [-0.15, -0.1) is 0 Å². The molecule has 0 heterocycles. The van der Waals surface area contributed by atoms with Crippen molar-refractivity contribution in [2.24, 2.45) is 5.41 Å². The highest BCUT2D eigenvalue weighted by Crippen LogP contribution is 2.61. The Morgan fingerprint density at radius 2 is 1.56 bits per heavy atom. The second-order valence-corrected chi connectivity index (χ2v) is 4.86. The first kappa shape index (κ1) is 2.82. The van der Waals surface area contributed by atoms with Crippen LogP contribution in [0.15, 0.2) is 22.7 Å². The van der Waals surface area contributed by atoms with Gasteiger partial charge < -0.3 is 0 Å². The SMILES string of the molecule is [2H]C([2H])([2H])C1(C([2H])([2H])[2H])c2ccc(Br)cc2C(C([2H])([2H])[2H])(C([2H])([2H])[2H])C1(C([2H])([2H])[2H])C([2H])([2H])[2H]. The monoisotopic (exact) mass is 298 g/mol. The van der Waals surface area contributed by atoms with Gasteiger partial charge in [-0.1, -0.05) is 63.1 Å². The van der Waals surface area contributed by atoms with Crippen LogP contribution in [0.5, 0.6) is 0 Å². The molecule has 0 nitrogen and oxygen atoms in total. The van der Waals surface area contributed by atoms with E-state index in [2.05, 4.69) is 15.9 Å². The molecule has 0 aromatic heterocycles. The van der Waals surface area contributed by atoms with Crippen molar-refractivity contribution < 1.29 is 24.7 Å². The van der Waals surface area contributed by atoms with Gasteiger partial charge in [0.05, 0.1) is 0 Å². The molecule has 16 heavy (non-hydrogen) atoms. The summed E-state index contributed by atoms with van der Waals surface area (Å²) in [5.41, 5.74) is -14.2. The van der Waals surface area contributed by atoms with E-state index in [1.807, 2.05) is 0 Å². The minimum Gasteiger partial charge on any atom is -0.0582 e. The maximum Gasteiger partial charge on any atom is 0.0240 e. The van der Waals surface area contributed by atoms with Gasteiger partial charge in [0, 0.05) is 29.1 Å². The van der Waals surface area contributed by atoms with E-state index in [0.717, 1.165) is 18.2 Å². The average Bonchev–Trinajstić information content (AvgIpc) is 2.78. The molecule has 0 spiro atoms. The van der Waals surface area contributed by atoms with Crippen LogP contribution in [0, 0.1) is 5.41 Å². The zero-order chi connectivity index (χ0) is 27.4. The van der Waals surface area contributed by atoms with E-state index >= 15 is 0 Å². The van der Waals surface area contributed by atoms with Crippen LogP contribution in [-0.2, 0) is 10.8 Å². The Kier molecular flexibility index (Phi) is 0.551. The number of halogens is 1. The van der Waals surface area contributed by atoms with E-state index in [-0.39, 0.29) is 4.47 Å². The molecule has 0 fully saturated rings. The number of fused-ring (bicyclic) bond motifs is 1. The predicted octanol–water partition coefficient (Wildman–Crippen LogP) is 5.04. The second kappa shape index (κ2) is 3.13. The van der Waals surface area contributed by atoms with Crippen LogP contribution in [0.1, 0.15) is 76.9 Å². The number of benzene rings is 1. The van der Waals surface area contributed by atoms with E-state index in [4.69, 9.17) is 24.7 Å². The molecule has 0 atom stereocenters. The summed E-state index contributed by atoms with van der Waals surface area (Å²) in [7, 11) is 0. The average molecular weight is 299 g/mol. The Labute approximate surface area is 133 Å². The number of hydrogen-bond acceptors (Lipinski definition) is 0. The van der Waals surface area contributed by atoms with E-state index in [0.29, 0.717) is 0 Å². The van der Waals surface area contributed by atoms with Gasteiger partial charge in [0.1, 0.15) is 0 Å². The zero-order valence-corrected chi connectivity index (χ0v) is 9.70. The minimum absolute atomic E-state index is 0.0407. The van der Waals surface area contributed by atoms with Crippen LogP contribution in [0.25, 0.3) is 0 Å². The van der Waals surface area contributed by atoms with Crippen LogP contribution in [0.4, 0.5) is 0 Å². The van der Waals surface area contributed by atoms with Crippen LogP contribution < -0.4 is 0 Å². The topological polar surface area (TPSA) is 0 Å². The molecule has 88 valence electrons. The fourth-order valence-electron chi connectivity index (χ4n) is 1.84. The fraction of sp³-hybridized carbons (Fsp3) is 0.600. The van der Waals surface area contributed by atoms with Crippen LogP contribution >= 0.6 is 15.9 Å². The lowest BCUT2D eigenvalue weighted by Gasteiger charge is -2.44. The first-order valence-corrected chi connectivity index (χ1v) is 5.22. The van der Waals surface area contributed by atoms with Crippen molar-refractivity contribution in [3.8, 4) is 0 Å². The summed E-state index contributed by atoms with van der Waals surface area (Å²) in [6.45, 7) is -24.5. The molecule has 0 saturated heterocycles. The van der Waals surface area contributed by atoms with Gasteiger partial charge in [-0.3, -0.25) is 0 Å².